The topological polar surface area (TPSA) is 151 Å². The SMILES string of the molecule is CCC.C[C@H](NC(=O)CCN1C(=O)C=CC1=O)C(=O)N[C@@H](C)C(=O)Nc1ccc(COC=O)cc1.[HH].[HH].[HH]. The van der Waals surface area contributed by atoms with Gasteiger partial charge in [0.05, 0.1) is 0 Å². The van der Waals surface area contributed by atoms with Gasteiger partial charge in [0.15, 0.2) is 0 Å². The Hall–Kier alpha value is -4.02. The summed E-state index contributed by atoms with van der Waals surface area (Å²) in [6, 6.07) is 4.80. The summed E-state index contributed by atoms with van der Waals surface area (Å²) in [4.78, 5) is 70.7. The number of amides is 5. The molecule has 2 rings (SSSR count). The molecule has 0 aromatic heterocycles. The number of hydrogen-bond donors (Lipinski definition) is 3. The van der Waals surface area contributed by atoms with Crippen LogP contribution in [0, 0.1) is 0 Å². The Balaban J connectivity index is -0.00000194. The van der Waals surface area contributed by atoms with Crippen LogP contribution < -0.4 is 16.0 Å². The molecule has 1 aromatic rings. The summed E-state index contributed by atoms with van der Waals surface area (Å²) in [6.07, 6.45) is 3.35. The van der Waals surface area contributed by atoms with Crippen LogP contribution >= 0.6 is 0 Å². The summed E-state index contributed by atoms with van der Waals surface area (Å²) < 4.78 is 4.64. The van der Waals surface area contributed by atoms with Gasteiger partial charge in [-0.15, -0.1) is 0 Å². The lowest BCUT2D eigenvalue weighted by atomic mass is 10.2. The van der Waals surface area contributed by atoms with Crippen molar-refractivity contribution in [1.29, 1.82) is 0 Å². The van der Waals surface area contributed by atoms with E-state index in [4.69, 9.17) is 0 Å². The molecule has 2 atom stereocenters. The van der Waals surface area contributed by atoms with Crippen LogP contribution in [0.1, 0.15) is 50.4 Å². The summed E-state index contributed by atoms with van der Waals surface area (Å²) in [7, 11) is 0. The van der Waals surface area contributed by atoms with Crippen molar-refractivity contribution >= 4 is 41.7 Å². The summed E-state index contributed by atoms with van der Waals surface area (Å²) in [5.74, 6) is -2.53. The molecule has 1 aromatic carbocycles. The molecule has 11 heteroatoms. The van der Waals surface area contributed by atoms with Gasteiger partial charge in [-0.3, -0.25) is 33.7 Å². The second kappa shape index (κ2) is 15.0. The highest BCUT2D eigenvalue weighted by Gasteiger charge is 2.25. The van der Waals surface area contributed by atoms with E-state index in [9.17, 15) is 28.8 Å². The summed E-state index contributed by atoms with van der Waals surface area (Å²) >= 11 is 0. The second-order valence-corrected chi connectivity index (χ2v) is 7.73. The summed E-state index contributed by atoms with van der Waals surface area (Å²) in [6.45, 7) is 7.56. The van der Waals surface area contributed by atoms with Gasteiger partial charge in [-0.1, -0.05) is 32.4 Å². The Bertz CT molecular complexity index is 941. The molecule has 0 unspecified atom stereocenters. The number of carbonyl (C=O) groups excluding carboxylic acids is 6. The molecule has 1 heterocycles. The number of rotatable bonds is 11. The lowest BCUT2D eigenvalue weighted by Crippen LogP contribution is -2.50. The Labute approximate surface area is 208 Å². The molecular weight excluding hydrogens is 456 g/mol. The van der Waals surface area contributed by atoms with E-state index in [-0.39, 0.29) is 23.9 Å². The third kappa shape index (κ3) is 10.2. The first-order valence-corrected chi connectivity index (χ1v) is 11.2. The zero-order valence-electron chi connectivity index (χ0n) is 20.3. The Morgan fingerprint density at radius 1 is 0.971 bits per heavy atom. The predicted octanol–water partition coefficient (Wildman–Crippen LogP) is 1.78. The van der Waals surface area contributed by atoms with E-state index in [0.29, 0.717) is 12.2 Å². The van der Waals surface area contributed by atoms with E-state index >= 15 is 0 Å². The number of anilines is 1. The molecule has 35 heavy (non-hydrogen) atoms. The third-order valence-electron chi connectivity index (χ3n) is 4.53. The van der Waals surface area contributed by atoms with Crippen LogP contribution in [0.25, 0.3) is 0 Å². The molecule has 5 amide bonds. The molecule has 0 spiro atoms. The normalized spacial score (nSPS) is 13.8. The molecule has 0 radical (unpaired) electrons. The van der Waals surface area contributed by atoms with Crippen LogP contribution in [0.5, 0.6) is 0 Å². The smallest absolute Gasteiger partial charge is 0.293 e. The van der Waals surface area contributed by atoms with Crippen molar-refractivity contribution in [2.45, 2.75) is 59.2 Å². The van der Waals surface area contributed by atoms with Gasteiger partial charge in [-0.25, -0.2) is 0 Å². The first kappa shape index (κ1) is 29.0. The fourth-order valence-electron chi connectivity index (χ4n) is 2.71. The van der Waals surface area contributed by atoms with Gasteiger partial charge in [0.2, 0.25) is 17.7 Å². The molecule has 0 aliphatic carbocycles. The van der Waals surface area contributed by atoms with Crippen molar-refractivity contribution in [3.05, 3.63) is 42.0 Å². The molecule has 1 aliphatic rings. The first-order valence-electron chi connectivity index (χ1n) is 11.2. The van der Waals surface area contributed by atoms with Crippen molar-refractivity contribution < 1.29 is 37.8 Å². The average molecular weight is 495 g/mol. The number of nitrogens with zero attached hydrogens (tertiary/aromatic N) is 1. The number of carbonyl (C=O) groups is 6. The zero-order valence-corrected chi connectivity index (χ0v) is 20.3. The Morgan fingerprint density at radius 2 is 1.51 bits per heavy atom. The predicted molar refractivity (Wildman–Crippen MR) is 134 cm³/mol. The number of imide groups is 1. The quantitative estimate of drug-likeness (QED) is 0.313. The highest BCUT2D eigenvalue weighted by Crippen LogP contribution is 2.11. The van der Waals surface area contributed by atoms with Gasteiger partial charge in [0.25, 0.3) is 18.3 Å². The van der Waals surface area contributed by atoms with Crippen molar-refractivity contribution in [3.8, 4) is 0 Å². The number of benzene rings is 1. The van der Waals surface area contributed by atoms with Crippen LogP contribution in [0.4, 0.5) is 5.69 Å². The van der Waals surface area contributed by atoms with Crippen LogP contribution in [0.15, 0.2) is 36.4 Å². The second-order valence-electron chi connectivity index (χ2n) is 7.73. The van der Waals surface area contributed by atoms with Gasteiger partial charge in [0.1, 0.15) is 18.7 Å². The molecule has 0 fully saturated rings. The minimum absolute atomic E-state index is 0. The maximum absolute atomic E-state index is 12.3. The molecule has 3 N–H and O–H groups in total. The summed E-state index contributed by atoms with van der Waals surface area (Å²) in [5, 5.41) is 7.61. The van der Waals surface area contributed by atoms with E-state index in [1.54, 1.807) is 24.3 Å². The molecule has 0 saturated heterocycles. The first-order chi connectivity index (χ1) is 16.6. The molecule has 0 saturated carbocycles. The highest BCUT2D eigenvalue weighted by molar-refractivity contribution is 6.13. The zero-order chi connectivity index (χ0) is 26.4. The van der Waals surface area contributed by atoms with E-state index in [2.05, 4.69) is 34.5 Å². The van der Waals surface area contributed by atoms with Crippen LogP contribution in [-0.4, -0.2) is 59.5 Å². The van der Waals surface area contributed by atoms with E-state index in [0.717, 1.165) is 22.6 Å². The Kier molecular flexibility index (Phi) is 12.4. The number of nitrogens with one attached hydrogen (secondary N) is 3. The standard InChI is InChI=1S/C21H24N4O7.C3H8.3H2/c1-13(22-17(27)9-10-25-18(28)7-8-19(25)29)20(30)23-14(2)21(31)24-16-5-3-15(4-6-16)11-32-12-26;1-3-2;;;/h3-8,12-14H,9-11H2,1-2H3,(H,22,27)(H,23,30)(H,24,31);3H2,1-2H3;3*1H/t13-,14-;;;;/m0..../s1. The molecule has 196 valence electrons. The van der Waals surface area contributed by atoms with Crippen molar-refractivity contribution in [3.63, 3.8) is 0 Å². The highest BCUT2D eigenvalue weighted by atomic mass is 16.5. The van der Waals surface area contributed by atoms with E-state index in [1.807, 2.05) is 0 Å². The van der Waals surface area contributed by atoms with Gasteiger partial charge in [0, 0.05) is 35.1 Å². The van der Waals surface area contributed by atoms with Gasteiger partial charge >= 0.3 is 0 Å². The largest absolute Gasteiger partial charge is 0.463 e. The van der Waals surface area contributed by atoms with Crippen molar-refractivity contribution in [2.75, 3.05) is 11.9 Å². The minimum Gasteiger partial charge on any atom is -0.463 e. The van der Waals surface area contributed by atoms with Crippen molar-refractivity contribution in [1.82, 2.24) is 15.5 Å². The average Bonchev–Trinajstić information content (AvgIpc) is 3.14. The fraction of sp³-hybridized carbons (Fsp3) is 0.417. The maximum Gasteiger partial charge on any atom is 0.293 e. The Morgan fingerprint density at radius 3 is 2.06 bits per heavy atom. The maximum atomic E-state index is 12.3. The monoisotopic (exact) mass is 494 g/mol. The third-order valence-corrected chi connectivity index (χ3v) is 4.53. The van der Waals surface area contributed by atoms with E-state index in [1.165, 1.54) is 20.3 Å². The van der Waals surface area contributed by atoms with Gasteiger partial charge < -0.3 is 20.7 Å². The molecule has 1 aliphatic heterocycles. The fourth-order valence-corrected chi connectivity index (χ4v) is 2.71. The molecule has 11 nitrogen and oxygen atoms in total. The lowest BCUT2D eigenvalue weighted by Gasteiger charge is -2.19. The summed E-state index contributed by atoms with van der Waals surface area (Å²) in [5.41, 5.74) is 1.24. The number of ether oxygens (including phenoxy) is 1. The van der Waals surface area contributed by atoms with Crippen LogP contribution in [0.3, 0.4) is 0 Å². The van der Waals surface area contributed by atoms with E-state index < -0.39 is 41.6 Å². The minimum atomic E-state index is -0.932. The molecule has 0 bridgehead atoms. The lowest BCUT2D eigenvalue weighted by molar-refractivity contribution is -0.137. The van der Waals surface area contributed by atoms with Crippen LogP contribution in [0.2, 0.25) is 0 Å². The van der Waals surface area contributed by atoms with Crippen LogP contribution in [-0.2, 0) is 40.1 Å². The van der Waals surface area contributed by atoms with Gasteiger partial charge in [-0.2, -0.15) is 0 Å². The van der Waals surface area contributed by atoms with Crippen molar-refractivity contribution in [2.24, 2.45) is 0 Å². The molecular formula is C24H38N4O7. The van der Waals surface area contributed by atoms with Gasteiger partial charge in [-0.05, 0) is 31.5 Å². The number of hydrogen-bond acceptors (Lipinski definition) is 7.